The molecule has 0 radical (unpaired) electrons. The van der Waals surface area contributed by atoms with Crippen molar-refractivity contribution in [2.75, 3.05) is 13.1 Å². The summed E-state index contributed by atoms with van der Waals surface area (Å²) in [4.78, 5) is 26.8. The lowest BCUT2D eigenvalue weighted by Crippen LogP contribution is -2.45. The maximum Gasteiger partial charge on any atom is 0.254 e. The summed E-state index contributed by atoms with van der Waals surface area (Å²) in [6.45, 7) is 3.47. The van der Waals surface area contributed by atoms with Gasteiger partial charge in [-0.1, -0.05) is 18.9 Å². The number of hydrogen-bond donors (Lipinski definition) is 1. The molecule has 176 valence electrons. The number of likely N-dealkylation sites (tertiary alicyclic amines) is 1. The quantitative estimate of drug-likeness (QED) is 0.635. The van der Waals surface area contributed by atoms with E-state index >= 15 is 0 Å². The number of amides is 1. The summed E-state index contributed by atoms with van der Waals surface area (Å²) in [7, 11) is 0. The van der Waals surface area contributed by atoms with E-state index in [-0.39, 0.29) is 11.9 Å². The summed E-state index contributed by atoms with van der Waals surface area (Å²) >= 11 is 0. The lowest BCUT2D eigenvalue weighted by atomic mass is 9.89. The average Bonchev–Trinajstić information content (AvgIpc) is 3.21. The van der Waals surface area contributed by atoms with E-state index in [1.54, 1.807) is 0 Å². The number of aliphatic hydroxyl groups excluding tert-OH is 1. The lowest BCUT2D eigenvalue weighted by molar-refractivity contribution is 0.0192. The monoisotopic (exact) mass is 456 g/mol. The summed E-state index contributed by atoms with van der Waals surface area (Å²) in [5.41, 5.74) is 5.33. The Balaban J connectivity index is 1.25. The van der Waals surface area contributed by atoms with Gasteiger partial charge in [0, 0.05) is 48.2 Å². The largest absolute Gasteiger partial charge is 0.391 e. The maximum absolute atomic E-state index is 13.5. The maximum atomic E-state index is 13.5. The third-order valence-electron chi connectivity index (χ3n) is 8.16. The number of aromatic nitrogens is 2. The first-order valence-corrected chi connectivity index (χ1v) is 12.7. The first kappa shape index (κ1) is 21.7. The highest BCUT2D eigenvalue weighted by atomic mass is 16.3. The average molecular weight is 457 g/mol. The van der Waals surface area contributed by atoms with Crippen molar-refractivity contribution < 1.29 is 9.90 Å². The van der Waals surface area contributed by atoms with Crippen molar-refractivity contribution in [2.24, 2.45) is 0 Å². The fraction of sp³-hybridized carbons (Fsp3) is 0.464. The SMILES string of the molecule is O=C1c2cc(CN3CCC(c4ccncc4)CC3)c3cccnc3c2CN1C1CCCCC1O. The van der Waals surface area contributed by atoms with Crippen LogP contribution in [0.4, 0.5) is 0 Å². The van der Waals surface area contributed by atoms with Crippen LogP contribution in [-0.2, 0) is 13.1 Å². The number of fused-ring (bicyclic) bond motifs is 3. The molecule has 3 aromatic rings. The minimum absolute atomic E-state index is 0.0612. The van der Waals surface area contributed by atoms with E-state index in [1.807, 2.05) is 29.6 Å². The number of hydrogen-bond acceptors (Lipinski definition) is 5. The zero-order chi connectivity index (χ0) is 23.1. The van der Waals surface area contributed by atoms with Crippen LogP contribution in [0.2, 0.25) is 0 Å². The number of aliphatic hydroxyl groups is 1. The molecule has 2 aliphatic heterocycles. The molecular weight excluding hydrogens is 424 g/mol. The molecule has 2 atom stereocenters. The van der Waals surface area contributed by atoms with Gasteiger partial charge >= 0.3 is 0 Å². The van der Waals surface area contributed by atoms with E-state index < -0.39 is 6.10 Å². The van der Waals surface area contributed by atoms with Gasteiger partial charge in [0.1, 0.15) is 0 Å². The van der Waals surface area contributed by atoms with Gasteiger partial charge in [-0.05, 0) is 80.1 Å². The van der Waals surface area contributed by atoms with Crippen molar-refractivity contribution >= 4 is 16.8 Å². The molecule has 4 heterocycles. The molecule has 34 heavy (non-hydrogen) atoms. The van der Waals surface area contributed by atoms with E-state index in [4.69, 9.17) is 4.98 Å². The zero-order valence-corrected chi connectivity index (χ0v) is 19.6. The van der Waals surface area contributed by atoms with Crippen LogP contribution >= 0.6 is 0 Å². The molecule has 1 saturated carbocycles. The van der Waals surface area contributed by atoms with Crippen LogP contribution in [-0.4, -0.2) is 56.0 Å². The molecule has 1 amide bonds. The lowest BCUT2D eigenvalue weighted by Gasteiger charge is -2.35. The topological polar surface area (TPSA) is 69.6 Å². The minimum Gasteiger partial charge on any atom is -0.391 e. The number of nitrogens with zero attached hydrogens (tertiary/aromatic N) is 4. The summed E-state index contributed by atoms with van der Waals surface area (Å²) < 4.78 is 0. The van der Waals surface area contributed by atoms with Crippen molar-refractivity contribution in [1.29, 1.82) is 0 Å². The Kier molecular flexibility index (Phi) is 5.79. The van der Waals surface area contributed by atoms with Crippen molar-refractivity contribution in [1.82, 2.24) is 19.8 Å². The number of rotatable bonds is 4. The van der Waals surface area contributed by atoms with Crippen LogP contribution in [0.15, 0.2) is 48.9 Å². The second-order valence-electron chi connectivity index (χ2n) is 10.1. The smallest absolute Gasteiger partial charge is 0.254 e. The second-order valence-corrected chi connectivity index (χ2v) is 10.1. The molecule has 6 nitrogen and oxygen atoms in total. The van der Waals surface area contributed by atoms with Gasteiger partial charge in [-0.25, -0.2) is 0 Å². The van der Waals surface area contributed by atoms with E-state index in [0.29, 0.717) is 12.5 Å². The number of benzene rings is 1. The van der Waals surface area contributed by atoms with Gasteiger partial charge in [-0.3, -0.25) is 19.7 Å². The van der Waals surface area contributed by atoms with Crippen LogP contribution in [0.25, 0.3) is 10.9 Å². The van der Waals surface area contributed by atoms with Crippen LogP contribution in [0.3, 0.4) is 0 Å². The van der Waals surface area contributed by atoms with Crippen molar-refractivity contribution in [3.8, 4) is 0 Å². The highest BCUT2D eigenvalue weighted by Crippen LogP contribution is 2.37. The number of piperidine rings is 1. The second kappa shape index (κ2) is 9.08. The van der Waals surface area contributed by atoms with Gasteiger partial charge in [-0.15, -0.1) is 0 Å². The Labute approximate surface area is 200 Å². The molecule has 1 aliphatic carbocycles. The molecule has 0 bridgehead atoms. The summed E-state index contributed by atoms with van der Waals surface area (Å²) in [6, 6.07) is 10.5. The molecule has 1 aromatic carbocycles. The van der Waals surface area contributed by atoms with Crippen molar-refractivity contribution in [3.05, 3.63) is 71.2 Å². The third-order valence-corrected chi connectivity index (χ3v) is 8.16. The Hall–Kier alpha value is -2.83. The number of pyridine rings is 2. The molecular formula is C28H32N4O2. The standard InChI is InChI=1S/C28H32N4O2/c33-26-6-2-1-5-25(26)32-18-24-23(28(32)34)16-21(22-4-3-11-30-27(22)24)17-31-14-9-20(10-15-31)19-7-12-29-13-8-19/h3-4,7-8,11-13,16,20,25-26,33H,1-2,5-6,9-10,14-15,17-18H2. The first-order valence-electron chi connectivity index (χ1n) is 12.7. The van der Waals surface area contributed by atoms with Gasteiger partial charge in [0.05, 0.1) is 17.7 Å². The van der Waals surface area contributed by atoms with Crippen LogP contribution in [0, 0.1) is 0 Å². The fourth-order valence-corrected chi connectivity index (χ4v) is 6.27. The fourth-order valence-electron chi connectivity index (χ4n) is 6.27. The normalized spacial score (nSPS) is 24.0. The zero-order valence-electron chi connectivity index (χ0n) is 19.6. The molecule has 0 spiro atoms. The molecule has 6 heteroatoms. The highest BCUT2D eigenvalue weighted by molar-refractivity contribution is 6.04. The van der Waals surface area contributed by atoms with Crippen LogP contribution in [0.5, 0.6) is 0 Å². The molecule has 6 rings (SSSR count). The van der Waals surface area contributed by atoms with Crippen molar-refractivity contribution in [2.45, 2.75) is 69.7 Å². The van der Waals surface area contributed by atoms with Gasteiger partial charge in [-0.2, -0.15) is 0 Å². The summed E-state index contributed by atoms with van der Waals surface area (Å²) in [5, 5.41) is 11.7. The van der Waals surface area contributed by atoms with Crippen LogP contribution in [0.1, 0.15) is 71.5 Å². The molecule has 3 aliphatic rings. The summed E-state index contributed by atoms with van der Waals surface area (Å²) in [5.74, 6) is 0.654. The molecule has 1 N–H and O–H groups in total. The van der Waals surface area contributed by atoms with Crippen molar-refractivity contribution in [3.63, 3.8) is 0 Å². The number of carbonyl (C=O) groups is 1. The van der Waals surface area contributed by atoms with Crippen LogP contribution < -0.4 is 0 Å². The predicted octanol–water partition coefficient (Wildman–Crippen LogP) is 4.27. The van der Waals surface area contributed by atoms with E-state index in [0.717, 1.165) is 80.2 Å². The Morgan fingerprint density at radius 3 is 2.59 bits per heavy atom. The Morgan fingerprint density at radius 1 is 1.00 bits per heavy atom. The van der Waals surface area contributed by atoms with Gasteiger partial charge in [0.15, 0.2) is 0 Å². The molecule has 1 saturated heterocycles. The molecule has 2 fully saturated rings. The van der Waals surface area contributed by atoms with E-state index in [1.165, 1.54) is 11.1 Å². The first-order chi connectivity index (χ1) is 16.7. The minimum atomic E-state index is -0.424. The highest BCUT2D eigenvalue weighted by Gasteiger charge is 2.38. The summed E-state index contributed by atoms with van der Waals surface area (Å²) in [6.07, 6.45) is 11.2. The Morgan fingerprint density at radius 2 is 1.79 bits per heavy atom. The van der Waals surface area contributed by atoms with Gasteiger partial charge < -0.3 is 10.0 Å². The third kappa shape index (κ3) is 3.89. The van der Waals surface area contributed by atoms with E-state index in [9.17, 15) is 9.90 Å². The van der Waals surface area contributed by atoms with Gasteiger partial charge in [0.2, 0.25) is 0 Å². The number of carbonyl (C=O) groups excluding carboxylic acids is 1. The molecule has 2 unspecified atom stereocenters. The Bertz CT molecular complexity index is 1190. The van der Waals surface area contributed by atoms with Gasteiger partial charge in [0.25, 0.3) is 5.91 Å². The molecule has 2 aromatic heterocycles. The van der Waals surface area contributed by atoms with E-state index in [2.05, 4.69) is 34.1 Å². The predicted molar refractivity (Wildman–Crippen MR) is 131 cm³/mol.